The van der Waals surface area contributed by atoms with Crippen molar-refractivity contribution >= 4 is 39.5 Å². The second-order valence-electron chi connectivity index (χ2n) is 25.4. The highest BCUT2D eigenvalue weighted by Crippen LogP contribution is 2.45. The first kappa shape index (κ1) is 85.5. The van der Waals surface area contributed by atoms with Gasteiger partial charge in [0.2, 0.25) is 0 Å². The van der Waals surface area contributed by atoms with Crippen LogP contribution in [0.25, 0.3) is 0 Å². The van der Waals surface area contributed by atoms with Gasteiger partial charge in [-0.3, -0.25) is 37.3 Å². The van der Waals surface area contributed by atoms with E-state index in [2.05, 4.69) is 72.8 Å². The summed E-state index contributed by atoms with van der Waals surface area (Å²) in [6.45, 7) is 11.6. The van der Waals surface area contributed by atoms with Gasteiger partial charge >= 0.3 is 39.5 Å². The van der Waals surface area contributed by atoms with Crippen LogP contribution in [0, 0.1) is 17.8 Å². The number of phosphoric ester groups is 2. The molecule has 0 fully saturated rings. The maximum atomic E-state index is 13.0. The number of rotatable bonds is 65. The fourth-order valence-electron chi connectivity index (χ4n) is 9.79. The third-order valence-corrected chi connectivity index (χ3v) is 17.5. The van der Waals surface area contributed by atoms with Crippen LogP contribution >= 0.6 is 15.6 Å². The van der Waals surface area contributed by atoms with Crippen molar-refractivity contribution in [2.75, 3.05) is 39.6 Å². The predicted octanol–water partition coefficient (Wildman–Crippen LogP) is 19.0. The summed E-state index contributed by atoms with van der Waals surface area (Å²) in [6, 6.07) is 0. The highest BCUT2D eigenvalue weighted by molar-refractivity contribution is 7.47. The van der Waals surface area contributed by atoms with Crippen molar-refractivity contribution in [1.82, 2.24) is 0 Å². The molecule has 0 amide bonds. The Morgan fingerprint density at radius 2 is 0.670 bits per heavy atom. The molecular formula is C69H130O17P2. The van der Waals surface area contributed by atoms with Crippen molar-refractivity contribution in [1.29, 1.82) is 0 Å². The van der Waals surface area contributed by atoms with Crippen LogP contribution in [0.3, 0.4) is 0 Å². The fourth-order valence-corrected chi connectivity index (χ4v) is 11.4. The molecule has 6 atom stereocenters. The normalized spacial score (nSPS) is 14.7. The minimum absolute atomic E-state index is 0.0834. The van der Waals surface area contributed by atoms with Crippen LogP contribution in [0.4, 0.5) is 0 Å². The van der Waals surface area contributed by atoms with E-state index in [0.717, 1.165) is 121 Å². The van der Waals surface area contributed by atoms with Gasteiger partial charge in [-0.1, -0.05) is 265 Å². The summed E-state index contributed by atoms with van der Waals surface area (Å²) in [5.74, 6) is 0.0187. The zero-order valence-electron chi connectivity index (χ0n) is 56.7. The van der Waals surface area contributed by atoms with E-state index in [1.807, 2.05) is 0 Å². The summed E-state index contributed by atoms with van der Waals surface area (Å²) < 4.78 is 68.1. The number of esters is 4. The number of ether oxygens (including phenoxy) is 4. The minimum Gasteiger partial charge on any atom is -0.462 e. The van der Waals surface area contributed by atoms with Gasteiger partial charge in [0, 0.05) is 25.7 Å². The number of aliphatic hydroxyl groups excluding tert-OH is 1. The van der Waals surface area contributed by atoms with E-state index in [9.17, 15) is 43.2 Å². The molecule has 0 aromatic carbocycles. The first-order valence-corrected chi connectivity index (χ1v) is 38.2. The lowest BCUT2D eigenvalue weighted by molar-refractivity contribution is -0.161. The lowest BCUT2D eigenvalue weighted by Gasteiger charge is -2.21. The second-order valence-corrected chi connectivity index (χ2v) is 28.3. The Morgan fingerprint density at radius 1 is 0.375 bits per heavy atom. The van der Waals surface area contributed by atoms with Gasteiger partial charge in [0.05, 0.1) is 26.4 Å². The predicted molar refractivity (Wildman–Crippen MR) is 354 cm³/mol. The van der Waals surface area contributed by atoms with Crippen molar-refractivity contribution in [3.8, 4) is 0 Å². The molecule has 0 aliphatic carbocycles. The minimum atomic E-state index is -4.96. The SMILES string of the molecule is CCCCCC/C=C\C=C/CCCCCCCC(=O)O[C@H](COC(=O)CCCCCCCCC(C)C)COP(=O)(O)OCC(O)COP(=O)(O)OC[C@@H](COC(=O)CCCCCCCCCC(C)C)OC(=O)CCCCCCCCCCCCC(C)CC. The van der Waals surface area contributed by atoms with Gasteiger partial charge < -0.3 is 33.8 Å². The van der Waals surface area contributed by atoms with E-state index in [-0.39, 0.29) is 25.7 Å². The molecule has 518 valence electrons. The zero-order chi connectivity index (χ0) is 65.2. The number of carbonyl (C=O) groups is 4. The van der Waals surface area contributed by atoms with Gasteiger partial charge in [-0.2, -0.15) is 0 Å². The van der Waals surface area contributed by atoms with Crippen LogP contribution in [0.2, 0.25) is 0 Å². The zero-order valence-corrected chi connectivity index (χ0v) is 58.5. The van der Waals surface area contributed by atoms with E-state index in [0.29, 0.717) is 37.5 Å². The van der Waals surface area contributed by atoms with Gasteiger partial charge in [0.15, 0.2) is 12.2 Å². The van der Waals surface area contributed by atoms with Crippen LogP contribution in [-0.2, 0) is 65.4 Å². The molecule has 3 N–H and O–H groups in total. The Labute approximate surface area is 535 Å². The Morgan fingerprint density at radius 3 is 1.01 bits per heavy atom. The highest BCUT2D eigenvalue weighted by Gasteiger charge is 2.30. The molecule has 0 aromatic rings. The molecule has 0 heterocycles. The van der Waals surface area contributed by atoms with Crippen LogP contribution in [0.5, 0.6) is 0 Å². The molecule has 0 spiro atoms. The summed E-state index contributed by atoms with van der Waals surface area (Å²) in [7, 11) is -9.91. The quantitative estimate of drug-likeness (QED) is 0.0169. The number of carbonyl (C=O) groups excluding carboxylic acids is 4. The Balaban J connectivity index is 5.28. The molecule has 0 rings (SSSR count). The van der Waals surface area contributed by atoms with Crippen molar-refractivity contribution < 1.29 is 80.2 Å². The molecule has 4 unspecified atom stereocenters. The van der Waals surface area contributed by atoms with Crippen molar-refractivity contribution in [3.63, 3.8) is 0 Å². The van der Waals surface area contributed by atoms with Crippen LogP contribution in [-0.4, -0.2) is 96.7 Å². The molecule has 0 saturated heterocycles. The van der Waals surface area contributed by atoms with E-state index in [1.165, 1.54) is 103 Å². The van der Waals surface area contributed by atoms with Crippen molar-refractivity contribution in [2.24, 2.45) is 17.8 Å². The smallest absolute Gasteiger partial charge is 0.462 e. The van der Waals surface area contributed by atoms with E-state index in [4.69, 9.17) is 37.0 Å². The van der Waals surface area contributed by atoms with Crippen molar-refractivity contribution in [2.45, 2.75) is 336 Å². The summed E-state index contributed by atoms with van der Waals surface area (Å²) in [5.41, 5.74) is 0. The third-order valence-electron chi connectivity index (χ3n) is 15.6. The number of hydrogen-bond donors (Lipinski definition) is 3. The standard InChI is InChI=1S/C69H130O17P2/c1-8-10-11-12-13-14-15-16-17-18-19-23-28-38-45-52-68(73)86-65(57-80-67(72)51-44-37-32-31-34-41-48-61(5)6)59-84-88(77,78)82-55-63(70)54-81-87(75,76)83-58-64(56-79-66(71)50-43-36-30-25-26-33-40-47-60(3)4)85-69(74)53-46-39-29-24-21-20-22-27-35-42-49-62(7)9-2/h14-17,60-65,70H,8-13,18-59H2,1-7H3,(H,75,76)(H,77,78)/b15-14-,17-16-/t62?,63?,64-,65-/m1/s1. The van der Waals surface area contributed by atoms with Crippen LogP contribution < -0.4 is 0 Å². The molecule has 0 saturated carbocycles. The maximum absolute atomic E-state index is 13.0. The average Bonchev–Trinajstić information content (AvgIpc) is 3.52. The average molecular weight is 1290 g/mol. The summed E-state index contributed by atoms with van der Waals surface area (Å²) in [5, 5.41) is 10.6. The van der Waals surface area contributed by atoms with Crippen LogP contribution in [0.15, 0.2) is 24.3 Å². The topological polar surface area (TPSA) is 237 Å². The Bertz CT molecular complexity index is 1830. The maximum Gasteiger partial charge on any atom is 0.472 e. The molecule has 0 bridgehead atoms. The number of hydrogen-bond acceptors (Lipinski definition) is 15. The number of phosphoric acid groups is 2. The lowest BCUT2D eigenvalue weighted by Crippen LogP contribution is -2.30. The molecule has 88 heavy (non-hydrogen) atoms. The third kappa shape index (κ3) is 61.1. The van der Waals surface area contributed by atoms with Gasteiger partial charge in [-0.25, -0.2) is 9.13 Å². The number of allylic oxidation sites excluding steroid dienone is 4. The largest absolute Gasteiger partial charge is 0.472 e. The molecule has 0 aliphatic rings. The second kappa shape index (κ2) is 59.5. The number of aliphatic hydroxyl groups is 1. The Hall–Kier alpha value is -2.46. The van der Waals surface area contributed by atoms with Gasteiger partial charge in [-0.05, 0) is 69.1 Å². The van der Waals surface area contributed by atoms with Crippen LogP contribution in [0.1, 0.15) is 318 Å². The fraction of sp³-hybridized carbons (Fsp3) is 0.884. The van der Waals surface area contributed by atoms with Gasteiger partial charge in [-0.15, -0.1) is 0 Å². The van der Waals surface area contributed by atoms with E-state index >= 15 is 0 Å². The molecule has 0 radical (unpaired) electrons. The molecule has 0 aliphatic heterocycles. The van der Waals surface area contributed by atoms with Crippen molar-refractivity contribution in [3.05, 3.63) is 24.3 Å². The highest BCUT2D eigenvalue weighted by atomic mass is 31.2. The molecular weight excluding hydrogens is 1160 g/mol. The number of unbranched alkanes of at least 4 members (excludes halogenated alkanes) is 29. The van der Waals surface area contributed by atoms with E-state index in [1.54, 1.807) is 0 Å². The first-order chi connectivity index (χ1) is 42.3. The Kier molecular flexibility index (Phi) is 57.9. The van der Waals surface area contributed by atoms with E-state index < -0.39 is 97.5 Å². The summed E-state index contributed by atoms with van der Waals surface area (Å²) >= 11 is 0. The summed E-state index contributed by atoms with van der Waals surface area (Å²) in [6.07, 6.45) is 45.4. The monoisotopic (exact) mass is 1290 g/mol. The summed E-state index contributed by atoms with van der Waals surface area (Å²) in [4.78, 5) is 72.4. The lowest BCUT2D eigenvalue weighted by atomic mass is 9.99. The molecule has 0 aromatic heterocycles. The van der Waals surface area contributed by atoms with Gasteiger partial charge in [0.1, 0.15) is 19.3 Å². The van der Waals surface area contributed by atoms with Gasteiger partial charge in [0.25, 0.3) is 0 Å². The molecule has 19 heteroatoms. The first-order valence-electron chi connectivity index (χ1n) is 35.2. The molecule has 17 nitrogen and oxygen atoms in total.